The Morgan fingerprint density at radius 2 is 1.02 bits per heavy atom. The number of anilines is 3. The lowest BCUT2D eigenvalue weighted by molar-refractivity contribution is 0.590. The average Bonchev–Trinajstić information content (AvgIpc) is 3.51. The Labute approximate surface area is 303 Å². The Bertz CT molecular complexity index is 2500. The molecule has 0 amide bonds. The van der Waals surface area contributed by atoms with Crippen molar-refractivity contribution in [1.82, 2.24) is 0 Å². The molecule has 0 bridgehead atoms. The van der Waals surface area contributed by atoms with Crippen LogP contribution in [0.2, 0.25) is 0 Å². The van der Waals surface area contributed by atoms with E-state index in [4.69, 9.17) is 0 Å². The molecule has 0 aromatic heterocycles. The monoisotopic (exact) mass is 659 g/mol. The van der Waals surface area contributed by atoms with Crippen molar-refractivity contribution < 1.29 is 0 Å². The molecule has 0 saturated heterocycles. The summed E-state index contributed by atoms with van der Waals surface area (Å²) < 4.78 is 0. The van der Waals surface area contributed by atoms with Gasteiger partial charge < -0.3 is 4.90 Å². The van der Waals surface area contributed by atoms with Crippen LogP contribution in [-0.4, -0.2) is 0 Å². The molecule has 7 aromatic rings. The first-order valence-electron chi connectivity index (χ1n) is 18.4. The molecule has 51 heavy (non-hydrogen) atoms. The number of fused-ring (bicyclic) bond motifs is 7. The third-order valence-electron chi connectivity index (χ3n) is 11.8. The predicted octanol–water partition coefficient (Wildman–Crippen LogP) is 13.9. The molecular formula is C50H45N. The fourth-order valence-corrected chi connectivity index (χ4v) is 9.17. The Balaban J connectivity index is 1.35. The van der Waals surface area contributed by atoms with E-state index < -0.39 is 0 Å². The number of hydrogen-bond donors (Lipinski definition) is 0. The highest BCUT2D eigenvalue weighted by Gasteiger charge is 2.39. The van der Waals surface area contributed by atoms with E-state index in [0.717, 1.165) is 11.4 Å². The van der Waals surface area contributed by atoms with E-state index in [0.29, 0.717) is 0 Å². The van der Waals surface area contributed by atoms with Crippen LogP contribution in [-0.2, 0) is 16.2 Å². The van der Waals surface area contributed by atoms with Crippen LogP contribution >= 0.6 is 0 Å². The van der Waals surface area contributed by atoms with Crippen molar-refractivity contribution in [2.24, 2.45) is 0 Å². The van der Waals surface area contributed by atoms with Crippen molar-refractivity contribution in [1.29, 1.82) is 0 Å². The Morgan fingerprint density at radius 1 is 0.451 bits per heavy atom. The highest BCUT2D eigenvalue weighted by Crippen LogP contribution is 2.56. The second-order valence-electron chi connectivity index (χ2n) is 16.6. The van der Waals surface area contributed by atoms with Crippen LogP contribution in [0.15, 0.2) is 146 Å². The van der Waals surface area contributed by atoms with Gasteiger partial charge in [-0.25, -0.2) is 0 Å². The molecule has 1 nitrogen and oxygen atoms in total. The molecule has 0 saturated carbocycles. The van der Waals surface area contributed by atoms with Crippen molar-refractivity contribution in [2.45, 2.75) is 64.7 Å². The molecule has 0 spiro atoms. The van der Waals surface area contributed by atoms with Crippen molar-refractivity contribution in [2.75, 3.05) is 4.90 Å². The zero-order valence-corrected chi connectivity index (χ0v) is 30.8. The van der Waals surface area contributed by atoms with E-state index in [1.165, 1.54) is 77.7 Å². The van der Waals surface area contributed by atoms with Gasteiger partial charge in [-0.1, -0.05) is 164 Å². The normalized spacial score (nSPS) is 14.9. The molecule has 1 heteroatoms. The maximum atomic E-state index is 2.51. The molecule has 2 aliphatic rings. The third-order valence-corrected chi connectivity index (χ3v) is 11.8. The van der Waals surface area contributed by atoms with E-state index in [9.17, 15) is 0 Å². The summed E-state index contributed by atoms with van der Waals surface area (Å²) in [6.45, 7) is 16.4. The highest BCUT2D eigenvalue weighted by molar-refractivity contribution is 6.08. The summed E-state index contributed by atoms with van der Waals surface area (Å²) in [6.07, 6.45) is 0. The van der Waals surface area contributed by atoms with Gasteiger partial charge in [0.25, 0.3) is 0 Å². The minimum atomic E-state index is -0.154. The number of rotatable bonds is 4. The SMILES string of the molecule is CC(C)(C)c1ccc(N(c2ccc3c(c2)-c2ccccc2C3(C)C)c2ccc3ccccc3c2-c2cccc3c2C(C)(C)c2ccccc2-3)cc1. The Kier molecular flexibility index (Phi) is 6.84. The van der Waals surface area contributed by atoms with Gasteiger partial charge in [0.2, 0.25) is 0 Å². The van der Waals surface area contributed by atoms with Crippen LogP contribution in [0.4, 0.5) is 17.1 Å². The smallest absolute Gasteiger partial charge is 0.0546 e. The van der Waals surface area contributed by atoms with Crippen molar-refractivity contribution >= 4 is 27.8 Å². The van der Waals surface area contributed by atoms with Gasteiger partial charge in [0.05, 0.1) is 5.69 Å². The summed E-state index contributed by atoms with van der Waals surface area (Å²) in [5.74, 6) is 0. The van der Waals surface area contributed by atoms with Crippen LogP contribution < -0.4 is 4.90 Å². The molecule has 0 radical (unpaired) electrons. The van der Waals surface area contributed by atoms with Gasteiger partial charge in [0, 0.05) is 27.8 Å². The first kappa shape index (κ1) is 31.6. The zero-order valence-electron chi connectivity index (χ0n) is 30.8. The van der Waals surface area contributed by atoms with Crippen LogP contribution in [0.25, 0.3) is 44.2 Å². The molecule has 9 rings (SSSR count). The number of hydrogen-bond acceptors (Lipinski definition) is 1. The fourth-order valence-electron chi connectivity index (χ4n) is 9.17. The zero-order chi connectivity index (χ0) is 35.3. The van der Waals surface area contributed by atoms with Gasteiger partial charge in [0.15, 0.2) is 0 Å². The predicted molar refractivity (Wildman–Crippen MR) is 218 cm³/mol. The first-order valence-corrected chi connectivity index (χ1v) is 18.4. The largest absolute Gasteiger partial charge is 0.310 e. The summed E-state index contributed by atoms with van der Waals surface area (Å²) >= 11 is 0. The van der Waals surface area contributed by atoms with E-state index in [-0.39, 0.29) is 16.2 Å². The quantitative estimate of drug-likeness (QED) is 0.182. The van der Waals surface area contributed by atoms with E-state index in [2.05, 4.69) is 199 Å². The summed E-state index contributed by atoms with van der Waals surface area (Å²) in [7, 11) is 0. The van der Waals surface area contributed by atoms with Gasteiger partial charge in [-0.3, -0.25) is 0 Å². The van der Waals surface area contributed by atoms with E-state index >= 15 is 0 Å². The van der Waals surface area contributed by atoms with Gasteiger partial charge in [-0.05, 0) is 102 Å². The molecule has 0 fully saturated rings. The Hall–Kier alpha value is -5.40. The van der Waals surface area contributed by atoms with Crippen LogP contribution in [0.5, 0.6) is 0 Å². The molecular weight excluding hydrogens is 615 g/mol. The van der Waals surface area contributed by atoms with Crippen LogP contribution in [0, 0.1) is 0 Å². The van der Waals surface area contributed by atoms with Gasteiger partial charge in [-0.15, -0.1) is 0 Å². The molecule has 250 valence electrons. The summed E-state index contributed by atoms with van der Waals surface area (Å²) in [5.41, 5.74) is 18.2. The molecule has 7 aromatic carbocycles. The standard InChI is InChI=1S/C50H45N/c1-48(2,3)33-24-26-34(27-25-33)51(35-28-29-44-41(31-35)38-18-11-12-21-42(38)49(44,4)5)45-30-23-32-15-8-9-16-36(32)46(45)40-20-14-19-39-37-17-10-13-22-43(37)50(6,7)47(39)40/h8-31H,1-7H3. The summed E-state index contributed by atoms with van der Waals surface area (Å²) in [6, 6.07) is 54.9. The Morgan fingerprint density at radius 3 is 1.75 bits per heavy atom. The van der Waals surface area contributed by atoms with Crippen molar-refractivity contribution in [3.8, 4) is 33.4 Å². The molecule has 0 aliphatic heterocycles. The minimum absolute atomic E-state index is 0.0526. The van der Waals surface area contributed by atoms with Crippen LogP contribution in [0.3, 0.4) is 0 Å². The lowest BCUT2D eigenvalue weighted by Gasteiger charge is -2.32. The topological polar surface area (TPSA) is 3.24 Å². The van der Waals surface area contributed by atoms with E-state index in [1.807, 2.05) is 0 Å². The highest BCUT2D eigenvalue weighted by atomic mass is 15.1. The maximum Gasteiger partial charge on any atom is 0.0546 e. The van der Waals surface area contributed by atoms with Gasteiger partial charge >= 0.3 is 0 Å². The first-order chi connectivity index (χ1) is 24.5. The maximum absolute atomic E-state index is 2.51. The summed E-state index contributed by atoms with van der Waals surface area (Å²) in [4.78, 5) is 2.51. The number of nitrogens with zero attached hydrogens (tertiary/aromatic N) is 1. The molecule has 0 atom stereocenters. The molecule has 2 aliphatic carbocycles. The second-order valence-corrected chi connectivity index (χ2v) is 16.6. The molecule has 0 N–H and O–H groups in total. The van der Waals surface area contributed by atoms with Crippen molar-refractivity contribution in [3.05, 3.63) is 173 Å². The molecule has 0 heterocycles. The van der Waals surface area contributed by atoms with Gasteiger partial charge in [0.1, 0.15) is 0 Å². The van der Waals surface area contributed by atoms with E-state index in [1.54, 1.807) is 0 Å². The third kappa shape index (κ3) is 4.67. The van der Waals surface area contributed by atoms with Gasteiger partial charge in [-0.2, -0.15) is 0 Å². The number of benzene rings is 7. The fraction of sp³-hybridized carbons (Fsp3) is 0.200. The van der Waals surface area contributed by atoms with Crippen molar-refractivity contribution in [3.63, 3.8) is 0 Å². The lowest BCUT2D eigenvalue weighted by Crippen LogP contribution is -2.18. The lowest BCUT2D eigenvalue weighted by atomic mass is 9.78. The molecule has 0 unspecified atom stereocenters. The second kappa shape index (κ2) is 11.0. The average molecular weight is 660 g/mol. The minimum Gasteiger partial charge on any atom is -0.310 e. The summed E-state index contributed by atoms with van der Waals surface area (Å²) in [5, 5.41) is 2.51. The van der Waals surface area contributed by atoms with Crippen LogP contribution in [0.1, 0.15) is 76.3 Å².